The molecular formula is C9H8OS2. The van der Waals surface area contributed by atoms with Gasteiger partial charge in [0.25, 0.3) is 0 Å². The van der Waals surface area contributed by atoms with Crippen LogP contribution in [0.25, 0.3) is 0 Å². The lowest BCUT2D eigenvalue weighted by molar-refractivity contribution is 0.224. The monoisotopic (exact) mass is 196 g/mol. The molecule has 12 heavy (non-hydrogen) atoms. The minimum Gasteiger partial charge on any atom is -0.383 e. The summed E-state index contributed by atoms with van der Waals surface area (Å²) in [7, 11) is 0. The van der Waals surface area contributed by atoms with Crippen molar-refractivity contribution in [1.29, 1.82) is 0 Å². The molecule has 0 bridgehead atoms. The van der Waals surface area contributed by atoms with Gasteiger partial charge in [-0.05, 0) is 33.8 Å². The Balaban J connectivity index is 2.27. The van der Waals surface area contributed by atoms with Gasteiger partial charge in [-0.1, -0.05) is 6.07 Å². The summed E-state index contributed by atoms with van der Waals surface area (Å²) < 4.78 is 0. The molecular weight excluding hydrogens is 188 g/mol. The number of hydrogen-bond donors (Lipinski definition) is 1. The Morgan fingerprint density at radius 2 is 2.17 bits per heavy atom. The zero-order valence-corrected chi connectivity index (χ0v) is 7.94. The van der Waals surface area contributed by atoms with Crippen LogP contribution in [0.1, 0.15) is 16.5 Å². The molecule has 0 saturated carbocycles. The first-order valence-electron chi connectivity index (χ1n) is 3.61. The topological polar surface area (TPSA) is 20.2 Å². The van der Waals surface area contributed by atoms with E-state index in [1.165, 1.54) is 0 Å². The van der Waals surface area contributed by atoms with Crippen molar-refractivity contribution in [3.05, 3.63) is 44.8 Å². The lowest BCUT2D eigenvalue weighted by atomic mass is 10.2. The summed E-state index contributed by atoms with van der Waals surface area (Å²) in [4.78, 5) is 1.01. The molecule has 62 valence electrons. The second kappa shape index (κ2) is 3.39. The molecule has 2 aromatic rings. The number of thiophene rings is 2. The van der Waals surface area contributed by atoms with Crippen LogP contribution in [0.3, 0.4) is 0 Å². The van der Waals surface area contributed by atoms with Gasteiger partial charge in [0.2, 0.25) is 0 Å². The van der Waals surface area contributed by atoms with Crippen LogP contribution in [0, 0.1) is 0 Å². The predicted octanol–water partition coefficient (Wildman–Crippen LogP) is 2.89. The largest absolute Gasteiger partial charge is 0.383 e. The Morgan fingerprint density at radius 1 is 1.25 bits per heavy atom. The van der Waals surface area contributed by atoms with Crippen LogP contribution in [0.5, 0.6) is 0 Å². The molecule has 0 unspecified atom stereocenters. The minimum atomic E-state index is -0.434. The third-order valence-electron chi connectivity index (χ3n) is 1.67. The molecule has 1 atom stereocenters. The molecule has 0 aliphatic carbocycles. The van der Waals surface area contributed by atoms with Crippen molar-refractivity contribution in [1.82, 2.24) is 0 Å². The van der Waals surface area contributed by atoms with E-state index in [4.69, 9.17) is 0 Å². The molecule has 0 radical (unpaired) electrons. The third kappa shape index (κ3) is 1.43. The van der Waals surface area contributed by atoms with Gasteiger partial charge < -0.3 is 5.11 Å². The maximum atomic E-state index is 9.79. The molecule has 2 rings (SSSR count). The minimum absolute atomic E-state index is 0.434. The maximum Gasteiger partial charge on any atom is 0.114 e. The van der Waals surface area contributed by atoms with E-state index in [1.54, 1.807) is 22.7 Å². The highest BCUT2D eigenvalue weighted by Crippen LogP contribution is 2.26. The fourth-order valence-electron chi connectivity index (χ4n) is 1.04. The van der Waals surface area contributed by atoms with Crippen LogP contribution in [-0.4, -0.2) is 5.11 Å². The fraction of sp³-hybridized carbons (Fsp3) is 0.111. The first kappa shape index (κ1) is 7.98. The lowest BCUT2D eigenvalue weighted by Crippen LogP contribution is -1.93. The van der Waals surface area contributed by atoms with Crippen molar-refractivity contribution in [2.45, 2.75) is 6.10 Å². The molecule has 0 aliphatic rings. The van der Waals surface area contributed by atoms with E-state index >= 15 is 0 Å². The van der Waals surface area contributed by atoms with Gasteiger partial charge in [-0.3, -0.25) is 0 Å². The van der Waals surface area contributed by atoms with Crippen LogP contribution in [-0.2, 0) is 0 Å². The first-order chi connectivity index (χ1) is 5.88. The average Bonchev–Trinajstić information content (AvgIpc) is 2.77. The molecule has 0 saturated heterocycles. The summed E-state index contributed by atoms with van der Waals surface area (Å²) in [5.41, 5.74) is 0.988. The van der Waals surface area contributed by atoms with E-state index in [0.29, 0.717) is 0 Å². The second-order valence-electron chi connectivity index (χ2n) is 2.47. The van der Waals surface area contributed by atoms with Gasteiger partial charge in [-0.25, -0.2) is 0 Å². The SMILES string of the molecule is O[C@H](c1ccsc1)c1cccs1. The van der Waals surface area contributed by atoms with Crippen LogP contribution < -0.4 is 0 Å². The van der Waals surface area contributed by atoms with E-state index in [0.717, 1.165) is 10.4 Å². The summed E-state index contributed by atoms with van der Waals surface area (Å²) in [6.45, 7) is 0. The lowest BCUT2D eigenvalue weighted by Gasteiger charge is -2.04. The quantitative estimate of drug-likeness (QED) is 0.783. The summed E-state index contributed by atoms with van der Waals surface area (Å²) in [5, 5.41) is 15.7. The highest BCUT2D eigenvalue weighted by atomic mass is 32.1. The van der Waals surface area contributed by atoms with Gasteiger partial charge in [-0.2, -0.15) is 11.3 Å². The van der Waals surface area contributed by atoms with Gasteiger partial charge in [0.1, 0.15) is 6.10 Å². The predicted molar refractivity (Wildman–Crippen MR) is 52.7 cm³/mol. The summed E-state index contributed by atoms with van der Waals surface area (Å²) in [6.07, 6.45) is -0.434. The van der Waals surface area contributed by atoms with Crippen LogP contribution in [0.2, 0.25) is 0 Å². The molecule has 2 heterocycles. The van der Waals surface area contributed by atoms with E-state index in [-0.39, 0.29) is 0 Å². The van der Waals surface area contributed by atoms with Crippen molar-refractivity contribution >= 4 is 22.7 Å². The Bertz CT molecular complexity index is 289. The zero-order valence-electron chi connectivity index (χ0n) is 6.31. The van der Waals surface area contributed by atoms with Gasteiger partial charge in [0, 0.05) is 4.88 Å². The van der Waals surface area contributed by atoms with Gasteiger partial charge in [0.15, 0.2) is 0 Å². The smallest absolute Gasteiger partial charge is 0.114 e. The van der Waals surface area contributed by atoms with E-state index in [1.807, 2.05) is 34.3 Å². The van der Waals surface area contributed by atoms with Crippen molar-refractivity contribution in [2.75, 3.05) is 0 Å². The van der Waals surface area contributed by atoms with Crippen LogP contribution >= 0.6 is 22.7 Å². The van der Waals surface area contributed by atoms with Crippen molar-refractivity contribution in [3.63, 3.8) is 0 Å². The maximum absolute atomic E-state index is 9.79. The Labute approximate surface area is 78.9 Å². The van der Waals surface area contributed by atoms with Crippen molar-refractivity contribution < 1.29 is 5.11 Å². The summed E-state index contributed by atoms with van der Waals surface area (Å²) in [5.74, 6) is 0. The van der Waals surface area contributed by atoms with Gasteiger partial charge >= 0.3 is 0 Å². The normalized spacial score (nSPS) is 13.1. The molecule has 0 aliphatic heterocycles. The molecule has 0 fully saturated rings. The van der Waals surface area contributed by atoms with E-state index < -0.39 is 6.10 Å². The number of rotatable bonds is 2. The molecule has 0 amide bonds. The van der Waals surface area contributed by atoms with Crippen LogP contribution in [0.15, 0.2) is 34.3 Å². The standard InChI is InChI=1S/C9H8OS2/c10-9(7-3-5-11-6-7)8-2-1-4-12-8/h1-6,9-10H/t9-/m1/s1. The Kier molecular flexibility index (Phi) is 2.26. The molecule has 3 heteroatoms. The number of aliphatic hydroxyl groups is 1. The summed E-state index contributed by atoms with van der Waals surface area (Å²) in [6, 6.07) is 5.86. The highest BCUT2D eigenvalue weighted by molar-refractivity contribution is 7.10. The Morgan fingerprint density at radius 3 is 2.75 bits per heavy atom. The molecule has 2 aromatic heterocycles. The van der Waals surface area contributed by atoms with Crippen molar-refractivity contribution in [3.8, 4) is 0 Å². The van der Waals surface area contributed by atoms with Gasteiger partial charge in [0.05, 0.1) is 0 Å². The van der Waals surface area contributed by atoms with Crippen molar-refractivity contribution in [2.24, 2.45) is 0 Å². The average molecular weight is 196 g/mol. The van der Waals surface area contributed by atoms with E-state index in [9.17, 15) is 5.11 Å². The Hall–Kier alpha value is -0.640. The molecule has 0 spiro atoms. The summed E-state index contributed by atoms with van der Waals surface area (Å²) >= 11 is 3.19. The zero-order chi connectivity index (χ0) is 8.39. The molecule has 0 aromatic carbocycles. The van der Waals surface area contributed by atoms with Crippen LogP contribution in [0.4, 0.5) is 0 Å². The molecule has 1 N–H and O–H groups in total. The highest BCUT2D eigenvalue weighted by Gasteiger charge is 2.10. The second-order valence-corrected chi connectivity index (χ2v) is 4.23. The fourth-order valence-corrected chi connectivity index (χ4v) is 2.46. The number of hydrogen-bond acceptors (Lipinski definition) is 3. The third-order valence-corrected chi connectivity index (χ3v) is 3.30. The molecule has 1 nitrogen and oxygen atoms in total. The van der Waals surface area contributed by atoms with E-state index in [2.05, 4.69) is 0 Å². The van der Waals surface area contributed by atoms with Gasteiger partial charge in [-0.15, -0.1) is 11.3 Å². The first-order valence-corrected chi connectivity index (χ1v) is 5.44. The number of aliphatic hydroxyl groups excluding tert-OH is 1.